The van der Waals surface area contributed by atoms with Gasteiger partial charge in [0.15, 0.2) is 0 Å². The Morgan fingerprint density at radius 2 is 2.20 bits per heavy atom. The van der Waals surface area contributed by atoms with E-state index < -0.39 is 0 Å². The molecule has 20 heavy (non-hydrogen) atoms. The first-order valence-corrected chi connectivity index (χ1v) is 6.51. The van der Waals surface area contributed by atoms with E-state index >= 15 is 0 Å². The zero-order valence-corrected chi connectivity index (χ0v) is 11.6. The molecule has 0 saturated heterocycles. The average Bonchev–Trinajstić information content (AvgIpc) is 2.96. The summed E-state index contributed by atoms with van der Waals surface area (Å²) in [7, 11) is 0. The first-order chi connectivity index (χ1) is 9.65. The van der Waals surface area contributed by atoms with Gasteiger partial charge in [-0.1, -0.05) is 13.8 Å². The van der Waals surface area contributed by atoms with Gasteiger partial charge in [0.1, 0.15) is 17.3 Å². The van der Waals surface area contributed by atoms with Crippen LogP contribution in [0.15, 0.2) is 35.2 Å². The number of hydrogen-bond donors (Lipinski definition) is 2. The Bertz CT molecular complexity index is 535. The number of furan rings is 1. The standard InChI is InChI=1S/C14H18N4O2/c1-10(2)6-18-14(19)12-8-17-13(9-15-12)16-7-11-4-3-5-20-11/h3-5,8-10H,6-7H2,1-2H3,(H,16,17)(H,18,19). The van der Waals surface area contributed by atoms with Crippen LogP contribution in [0.2, 0.25) is 0 Å². The van der Waals surface area contributed by atoms with E-state index in [-0.39, 0.29) is 5.91 Å². The van der Waals surface area contributed by atoms with Crippen molar-refractivity contribution in [2.45, 2.75) is 20.4 Å². The molecule has 0 aliphatic rings. The molecule has 0 radical (unpaired) electrons. The molecule has 106 valence electrons. The maximum atomic E-state index is 11.8. The Balaban J connectivity index is 1.87. The number of nitrogens with one attached hydrogen (secondary N) is 2. The number of amides is 1. The van der Waals surface area contributed by atoms with Gasteiger partial charge in [-0.15, -0.1) is 0 Å². The molecule has 6 nitrogen and oxygen atoms in total. The van der Waals surface area contributed by atoms with Crippen LogP contribution in [0.5, 0.6) is 0 Å². The lowest BCUT2D eigenvalue weighted by Gasteiger charge is -2.07. The van der Waals surface area contributed by atoms with Gasteiger partial charge in [0.2, 0.25) is 0 Å². The van der Waals surface area contributed by atoms with Crippen molar-refractivity contribution < 1.29 is 9.21 Å². The highest BCUT2D eigenvalue weighted by molar-refractivity contribution is 5.91. The quantitative estimate of drug-likeness (QED) is 0.843. The van der Waals surface area contributed by atoms with Crippen LogP contribution in [-0.2, 0) is 6.54 Å². The molecule has 0 unspecified atom stereocenters. The van der Waals surface area contributed by atoms with E-state index in [2.05, 4.69) is 20.6 Å². The molecule has 0 saturated carbocycles. The van der Waals surface area contributed by atoms with Crippen molar-refractivity contribution in [1.82, 2.24) is 15.3 Å². The minimum atomic E-state index is -0.205. The summed E-state index contributed by atoms with van der Waals surface area (Å²) < 4.78 is 5.20. The van der Waals surface area contributed by atoms with E-state index in [1.165, 1.54) is 12.4 Å². The van der Waals surface area contributed by atoms with Crippen molar-refractivity contribution in [3.63, 3.8) is 0 Å². The van der Waals surface area contributed by atoms with Gasteiger partial charge in [0.25, 0.3) is 5.91 Å². The highest BCUT2D eigenvalue weighted by Gasteiger charge is 2.08. The molecule has 0 aliphatic carbocycles. The van der Waals surface area contributed by atoms with Crippen molar-refractivity contribution >= 4 is 11.7 Å². The van der Waals surface area contributed by atoms with E-state index in [1.807, 2.05) is 26.0 Å². The van der Waals surface area contributed by atoms with Gasteiger partial charge in [-0.05, 0) is 18.1 Å². The maximum Gasteiger partial charge on any atom is 0.271 e. The van der Waals surface area contributed by atoms with E-state index in [0.717, 1.165) is 5.76 Å². The summed E-state index contributed by atoms with van der Waals surface area (Å²) in [6.45, 7) is 5.22. The minimum absolute atomic E-state index is 0.205. The molecule has 0 aliphatic heterocycles. The molecule has 0 atom stereocenters. The molecule has 0 bridgehead atoms. The van der Waals surface area contributed by atoms with E-state index in [0.29, 0.717) is 30.5 Å². The van der Waals surface area contributed by atoms with Crippen LogP contribution in [0.1, 0.15) is 30.1 Å². The largest absolute Gasteiger partial charge is 0.467 e. The molecule has 2 rings (SSSR count). The minimum Gasteiger partial charge on any atom is -0.467 e. The van der Waals surface area contributed by atoms with Gasteiger partial charge >= 0.3 is 0 Å². The molecule has 0 spiro atoms. The summed E-state index contributed by atoms with van der Waals surface area (Å²) in [5.41, 5.74) is 0.314. The molecular formula is C14H18N4O2. The van der Waals surface area contributed by atoms with E-state index in [4.69, 9.17) is 4.42 Å². The fourth-order valence-corrected chi connectivity index (χ4v) is 1.51. The number of hydrogen-bond acceptors (Lipinski definition) is 5. The van der Waals surface area contributed by atoms with Gasteiger partial charge in [-0.3, -0.25) is 4.79 Å². The van der Waals surface area contributed by atoms with Crippen LogP contribution in [0.25, 0.3) is 0 Å². The highest BCUT2D eigenvalue weighted by Crippen LogP contribution is 2.06. The van der Waals surface area contributed by atoms with Crippen molar-refractivity contribution in [1.29, 1.82) is 0 Å². The smallest absolute Gasteiger partial charge is 0.271 e. The van der Waals surface area contributed by atoms with E-state index in [1.54, 1.807) is 6.26 Å². The van der Waals surface area contributed by atoms with Crippen LogP contribution < -0.4 is 10.6 Å². The number of rotatable bonds is 6. The molecule has 6 heteroatoms. The van der Waals surface area contributed by atoms with Gasteiger partial charge in [0, 0.05) is 6.54 Å². The third-order valence-electron chi connectivity index (χ3n) is 2.58. The number of nitrogens with zero attached hydrogens (tertiary/aromatic N) is 2. The second-order valence-corrected chi connectivity index (χ2v) is 4.82. The lowest BCUT2D eigenvalue weighted by molar-refractivity contribution is 0.0943. The monoisotopic (exact) mass is 274 g/mol. The summed E-state index contributed by atoms with van der Waals surface area (Å²) in [5.74, 6) is 1.61. The van der Waals surface area contributed by atoms with Crippen LogP contribution >= 0.6 is 0 Å². The number of aromatic nitrogens is 2. The zero-order chi connectivity index (χ0) is 14.4. The summed E-state index contributed by atoms with van der Waals surface area (Å²) in [6, 6.07) is 3.69. The molecule has 2 heterocycles. The predicted molar refractivity (Wildman–Crippen MR) is 75.2 cm³/mol. The van der Waals surface area contributed by atoms with Crippen LogP contribution in [0, 0.1) is 5.92 Å². The van der Waals surface area contributed by atoms with Crippen LogP contribution in [-0.4, -0.2) is 22.4 Å². The fourth-order valence-electron chi connectivity index (χ4n) is 1.51. The summed E-state index contributed by atoms with van der Waals surface area (Å²) >= 11 is 0. The van der Waals surface area contributed by atoms with Crippen LogP contribution in [0.3, 0.4) is 0 Å². The van der Waals surface area contributed by atoms with Crippen molar-refractivity contribution in [2.24, 2.45) is 5.92 Å². The van der Waals surface area contributed by atoms with Gasteiger partial charge < -0.3 is 15.1 Å². The molecule has 2 aromatic heterocycles. The SMILES string of the molecule is CC(C)CNC(=O)c1cnc(NCc2ccco2)cn1. The Morgan fingerprint density at radius 3 is 2.80 bits per heavy atom. The van der Waals surface area contributed by atoms with Gasteiger partial charge in [-0.2, -0.15) is 0 Å². The Kier molecular flexibility index (Phi) is 4.70. The Hall–Kier alpha value is -2.37. The lowest BCUT2D eigenvalue weighted by atomic mass is 10.2. The fraction of sp³-hybridized carbons (Fsp3) is 0.357. The molecule has 0 fully saturated rings. The molecule has 2 N–H and O–H groups in total. The average molecular weight is 274 g/mol. The second kappa shape index (κ2) is 6.70. The second-order valence-electron chi connectivity index (χ2n) is 4.82. The Labute approximate surface area is 117 Å². The normalized spacial score (nSPS) is 10.6. The van der Waals surface area contributed by atoms with Gasteiger partial charge in [0.05, 0.1) is 25.2 Å². The number of carbonyl (C=O) groups excluding carboxylic acids is 1. The predicted octanol–water partition coefficient (Wildman–Crippen LogP) is 2.07. The highest BCUT2D eigenvalue weighted by atomic mass is 16.3. The molecule has 2 aromatic rings. The summed E-state index contributed by atoms with van der Waals surface area (Å²) in [6.07, 6.45) is 4.61. The molecule has 1 amide bonds. The molecular weight excluding hydrogens is 256 g/mol. The number of anilines is 1. The zero-order valence-electron chi connectivity index (χ0n) is 11.6. The van der Waals surface area contributed by atoms with Gasteiger partial charge in [-0.25, -0.2) is 9.97 Å². The summed E-state index contributed by atoms with van der Waals surface area (Å²) in [5, 5.41) is 5.86. The first-order valence-electron chi connectivity index (χ1n) is 6.51. The van der Waals surface area contributed by atoms with Crippen molar-refractivity contribution in [2.75, 3.05) is 11.9 Å². The van der Waals surface area contributed by atoms with Crippen molar-refractivity contribution in [3.8, 4) is 0 Å². The Morgan fingerprint density at radius 1 is 1.35 bits per heavy atom. The third kappa shape index (κ3) is 4.08. The molecule has 0 aromatic carbocycles. The lowest BCUT2D eigenvalue weighted by Crippen LogP contribution is -2.28. The van der Waals surface area contributed by atoms with Crippen molar-refractivity contribution in [3.05, 3.63) is 42.2 Å². The number of carbonyl (C=O) groups is 1. The topological polar surface area (TPSA) is 80.0 Å². The maximum absolute atomic E-state index is 11.8. The first kappa shape index (κ1) is 14.0. The third-order valence-corrected chi connectivity index (χ3v) is 2.58. The van der Waals surface area contributed by atoms with Crippen LogP contribution in [0.4, 0.5) is 5.82 Å². The summed E-state index contributed by atoms with van der Waals surface area (Å²) in [4.78, 5) is 20.0. The van der Waals surface area contributed by atoms with E-state index in [9.17, 15) is 4.79 Å².